The van der Waals surface area contributed by atoms with E-state index in [4.69, 9.17) is 0 Å². The van der Waals surface area contributed by atoms with Crippen LogP contribution in [0.1, 0.15) is 38.2 Å². The lowest BCUT2D eigenvalue weighted by Crippen LogP contribution is -2.56. The number of nitrogens with zero attached hydrogens (tertiary/aromatic N) is 1. The second kappa shape index (κ2) is 7.75. The van der Waals surface area contributed by atoms with E-state index >= 15 is 0 Å². The number of aliphatic carboxylic acids is 1. The van der Waals surface area contributed by atoms with Crippen LogP contribution in [-0.4, -0.2) is 46.8 Å². The number of benzene rings is 1. The Hall–Kier alpha value is -1.39. The van der Waals surface area contributed by atoms with Gasteiger partial charge in [0.1, 0.15) is 5.41 Å². The van der Waals surface area contributed by atoms with Crippen molar-refractivity contribution in [3.63, 3.8) is 0 Å². The zero-order valence-electron chi connectivity index (χ0n) is 13.4. The van der Waals surface area contributed by atoms with Crippen molar-refractivity contribution < 1.29 is 15.0 Å². The van der Waals surface area contributed by atoms with Crippen molar-refractivity contribution in [1.29, 1.82) is 0 Å². The van der Waals surface area contributed by atoms with Gasteiger partial charge in [0, 0.05) is 13.1 Å². The summed E-state index contributed by atoms with van der Waals surface area (Å²) in [5.41, 5.74) is 0.331. The van der Waals surface area contributed by atoms with Crippen molar-refractivity contribution in [1.82, 2.24) is 4.90 Å². The first kappa shape index (κ1) is 17.0. The number of carbonyl (C=O) groups is 1. The molecule has 1 aliphatic heterocycles. The number of hydrogen-bond acceptors (Lipinski definition) is 3. The first-order chi connectivity index (χ1) is 10.6. The van der Waals surface area contributed by atoms with E-state index in [2.05, 4.69) is 17.0 Å². The van der Waals surface area contributed by atoms with E-state index in [9.17, 15) is 15.0 Å². The number of hydrogen-bond donors (Lipinski definition) is 2. The molecule has 2 N–H and O–H groups in total. The Labute approximate surface area is 132 Å². The summed E-state index contributed by atoms with van der Waals surface area (Å²) in [5.74, 6) is -0.852. The standard InChI is InChI=1S/C18H27NO3/c1-2-11-18(17(21)22)14-19(13-10-16(18)20)12-6-9-15-7-4-3-5-8-15/h3-5,7-8,16,20H,2,6,9-14H2,1H3,(H,21,22)/t16-,18+/m0/s1. The zero-order chi connectivity index (χ0) is 16.0. The molecule has 0 amide bonds. The van der Waals surface area contributed by atoms with Gasteiger partial charge < -0.3 is 15.1 Å². The number of rotatable bonds is 7. The minimum Gasteiger partial charge on any atom is -0.481 e. The van der Waals surface area contributed by atoms with Crippen molar-refractivity contribution in [2.45, 2.75) is 45.1 Å². The number of likely N-dealkylation sites (tertiary alicyclic amines) is 1. The number of aryl methyl sites for hydroxylation is 1. The molecule has 1 fully saturated rings. The van der Waals surface area contributed by atoms with E-state index in [1.54, 1.807) is 0 Å². The number of aliphatic hydroxyl groups is 1. The van der Waals surface area contributed by atoms with E-state index < -0.39 is 17.5 Å². The highest BCUT2D eigenvalue weighted by Crippen LogP contribution is 2.35. The van der Waals surface area contributed by atoms with E-state index in [-0.39, 0.29) is 0 Å². The average Bonchev–Trinajstić information content (AvgIpc) is 2.51. The molecule has 0 saturated carbocycles. The summed E-state index contributed by atoms with van der Waals surface area (Å²) < 4.78 is 0. The first-order valence-corrected chi connectivity index (χ1v) is 8.26. The molecule has 2 atom stereocenters. The molecule has 0 unspecified atom stereocenters. The molecular formula is C18H27NO3. The largest absolute Gasteiger partial charge is 0.481 e. The monoisotopic (exact) mass is 305 g/mol. The van der Waals surface area contributed by atoms with Gasteiger partial charge in [-0.2, -0.15) is 0 Å². The molecule has 1 aliphatic rings. The summed E-state index contributed by atoms with van der Waals surface area (Å²) in [6.45, 7) is 4.12. The molecule has 0 aliphatic carbocycles. The summed E-state index contributed by atoms with van der Waals surface area (Å²) in [6, 6.07) is 10.4. The Morgan fingerprint density at radius 3 is 2.73 bits per heavy atom. The maximum absolute atomic E-state index is 11.7. The molecule has 4 heteroatoms. The topological polar surface area (TPSA) is 60.8 Å². The molecule has 122 valence electrons. The Kier molecular flexibility index (Phi) is 5.98. The lowest BCUT2D eigenvalue weighted by Gasteiger charge is -2.43. The molecule has 0 aromatic heterocycles. The van der Waals surface area contributed by atoms with Crippen LogP contribution in [0.5, 0.6) is 0 Å². The predicted octanol–water partition coefficient (Wildman–Crippen LogP) is 2.56. The Morgan fingerprint density at radius 1 is 1.36 bits per heavy atom. The Morgan fingerprint density at radius 2 is 2.09 bits per heavy atom. The molecule has 22 heavy (non-hydrogen) atoms. The van der Waals surface area contributed by atoms with Crippen LogP contribution in [0.2, 0.25) is 0 Å². The van der Waals surface area contributed by atoms with Crippen LogP contribution < -0.4 is 0 Å². The highest BCUT2D eigenvalue weighted by atomic mass is 16.4. The number of carboxylic acids is 1. The second-order valence-electron chi connectivity index (χ2n) is 6.38. The van der Waals surface area contributed by atoms with Crippen molar-refractivity contribution >= 4 is 5.97 Å². The number of aliphatic hydroxyl groups excluding tert-OH is 1. The lowest BCUT2D eigenvalue weighted by molar-refractivity contribution is -0.164. The van der Waals surface area contributed by atoms with Crippen LogP contribution in [0.3, 0.4) is 0 Å². The summed E-state index contributed by atoms with van der Waals surface area (Å²) in [4.78, 5) is 13.9. The van der Waals surface area contributed by atoms with Crippen LogP contribution in [0.25, 0.3) is 0 Å². The second-order valence-corrected chi connectivity index (χ2v) is 6.38. The van der Waals surface area contributed by atoms with Gasteiger partial charge in [0.15, 0.2) is 0 Å². The van der Waals surface area contributed by atoms with Gasteiger partial charge in [-0.3, -0.25) is 4.79 Å². The molecule has 0 radical (unpaired) electrons. The number of piperidine rings is 1. The fraction of sp³-hybridized carbons (Fsp3) is 0.611. The third-order valence-electron chi connectivity index (χ3n) is 4.77. The SMILES string of the molecule is CCC[C@@]1(C(=O)O)CN(CCCc2ccccc2)CC[C@@H]1O. The molecule has 2 rings (SSSR count). The normalized spacial score (nSPS) is 26.0. The lowest BCUT2D eigenvalue weighted by atomic mass is 9.74. The maximum Gasteiger partial charge on any atom is 0.313 e. The quantitative estimate of drug-likeness (QED) is 0.813. The van der Waals surface area contributed by atoms with Crippen LogP contribution in [-0.2, 0) is 11.2 Å². The van der Waals surface area contributed by atoms with Gasteiger partial charge in [-0.15, -0.1) is 0 Å². The van der Waals surface area contributed by atoms with E-state index in [1.807, 2.05) is 25.1 Å². The molecular weight excluding hydrogens is 278 g/mol. The summed E-state index contributed by atoms with van der Waals surface area (Å²) in [6.07, 6.45) is 3.17. The van der Waals surface area contributed by atoms with Crippen LogP contribution in [0.15, 0.2) is 30.3 Å². The van der Waals surface area contributed by atoms with Crippen molar-refractivity contribution in [2.75, 3.05) is 19.6 Å². The van der Waals surface area contributed by atoms with Gasteiger partial charge in [-0.05, 0) is 37.8 Å². The third kappa shape index (κ3) is 3.87. The summed E-state index contributed by atoms with van der Waals surface area (Å²) >= 11 is 0. The minimum atomic E-state index is -0.986. The van der Waals surface area contributed by atoms with Crippen LogP contribution in [0, 0.1) is 5.41 Å². The maximum atomic E-state index is 11.7. The van der Waals surface area contributed by atoms with Gasteiger partial charge >= 0.3 is 5.97 Å². The van der Waals surface area contributed by atoms with Gasteiger partial charge in [0.25, 0.3) is 0 Å². The summed E-state index contributed by atoms with van der Waals surface area (Å²) in [5, 5.41) is 19.9. The highest BCUT2D eigenvalue weighted by Gasteiger charge is 2.48. The molecule has 1 saturated heterocycles. The molecule has 4 nitrogen and oxygen atoms in total. The fourth-order valence-electron chi connectivity index (χ4n) is 3.52. The highest BCUT2D eigenvalue weighted by molar-refractivity contribution is 5.76. The van der Waals surface area contributed by atoms with Crippen molar-refractivity contribution in [3.05, 3.63) is 35.9 Å². The van der Waals surface area contributed by atoms with Crippen molar-refractivity contribution in [2.24, 2.45) is 5.41 Å². The molecule has 0 spiro atoms. The van der Waals surface area contributed by atoms with Crippen molar-refractivity contribution in [3.8, 4) is 0 Å². The molecule has 0 bridgehead atoms. The smallest absolute Gasteiger partial charge is 0.313 e. The van der Waals surface area contributed by atoms with Gasteiger partial charge in [0.2, 0.25) is 0 Å². The molecule has 1 heterocycles. The fourth-order valence-corrected chi connectivity index (χ4v) is 3.52. The van der Waals surface area contributed by atoms with Gasteiger partial charge in [-0.1, -0.05) is 43.7 Å². The van der Waals surface area contributed by atoms with Crippen LogP contribution >= 0.6 is 0 Å². The minimum absolute atomic E-state index is 0.464. The van der Waals surface area contributed by atoms with E-state index in [0.29, 0.717) is 19.4 Å². The Bertz CT molecular complexity index is 476. The Balaban J connectivity index is 1.91. The van der Waals surface area contributed by atoms with E-state index in [0.717, 1.165) is 32.4 Å². The van der Waals surface area contributed by atoms with Gasteiger partial charge in [0.05, 0.1) is 6.10 Å². The van der Waals surface area contributed by atoms with E-state index in [1.165, 1.54) is 5.56 Å². The van der Waals surface area contributed by atoms with Crippen LogP contribution in [0.4, 0.5) is 0 Å². The van der Waals surface area contributed by atoms with Gasteiger partial charge in [-0.25, -0.2) is 0 Å². The number of carboxylic acid groups (broad SMARTS) is 1. The average molecular weight is 305 g/mol. The summed E-state index contributed by atoms with van der Waals surface area (Å²) in [7, 11) is 0. The molecule has 1 aromatic rings. The first-order valence-electron chi connectivity index (χ1n) is 8.26. The zero-order valence-corrected chi connectivity index (χ0v) is 13.4. The predicted molar refractivity (Wildman–Crippen MR) is 86.8 cm³/mol. The third-order valence-corrected chi connectivity index (χ3v) is 4.77. The molecule has 1 aromatic carbocycles.